The lowest BCUT2D eigenvalue weighted by atomic mass is 10.2. The van der Waals surface area contributed by atoms with Crippen molar-refractivity contribution >= 4 is 21.9 Å². The second-order valence-electron chi connectivity index (χ2n) is 2.04. The molecule has 0 bridgehead atoms. The summed E-state index contributed by atoms with van der Waals surface area (Å²) in [5, 5.41) is 0.231. The minimum atomic E-state index is -3.77. The Morgan fingerprint density at radius 2 is 1.82 bits per heavy atom. The van der Waals surface area contributed by atoms with Crippen LogP contribution in [0.2, 0.25) is 0 Å². The summed E-state index contributed by atoms with van der Waals surface area (Å²) in [5.41, 5.74) is 0. The van der Waals surface area contributed by atoms with Gasteiger partial charge in [-0.25, -0.2) is 0 Å². The Balaban J connectivity index is 2.64. The van der Waals surface area contributed by atoms with Crippen molar-refractivity contribution < 1.29 is 22.3 Å². The van der Waals surface area contributed by atoms with Crippen LogP contribution in [0.15, 0.2) is 0 Å². The first-order valence-corrected chi connectivity index (χ1v) is 4.47. The SMILES string of the molecule is CS(=O)(=O)ON1C(=O)CC1=O. The van der Waals surface area contributed by atoms with Gasteiger partial charge in [0.25, 0.3) is 21.9 Å². The minimum absolute atomic E-state index is 0.231. The van der Waals surface area contributed by atoms with E-state index in [1.807, 2.05) is 0 Å². The molecule has 1 heterocycles. The number of imide groups is 1. The molecule has 7 heteroatoms. The summed E-state index contributed by atoms with van der Waals surface area (Å²) in [4.78, 5) is 20.9. The third-order valence-electron chi connectivity index (χ3n) is 0.965. The average molecular weight is 179 g/mol. The number of hydroxylamine groups is 2. The van der Waals surface area contributed by atoms with E-state index < -0.39 is 21.9 Å². The van der Waals surface area contributed by atoms with Crippen LogP contribution in [0.3, 0.4) is 0 Å². The van der Waals surface area contributed by atoms with Gasteiger partial charge in [0.1, 0.15) is 6.42 Å². The van der Waals surface area contributed by atoms with Crippen molar-refractivity contribution in [2.24, 2.45) is 0 Å². The van der Waals surface area contributed by atoms with Crippen molar-refractivity contribution in [3.8, 4) is 0 Å². The smallest absolute Gasteiger partial charge is 0.271 e. The maximum atomic E-state index is 10.4. The molecule has 0 aromatic carbocycles. The van der Waals surface area contributed by atoms with Gasteiger partial charge < -0.3 is 0 Å². The van der Waals surface area contributed by atoms with Gasteiger partial charge in [-0.2, -0.15) is 8.42 Å². The molecule has 0 radical (unpaired) electrons. The summed E-state index contributed by atoms with van der Waals surface area (Å²) in [6.45, 7) is 0. The van der Waals surface area contributed by atoms with Crippen molar-refractivity contribution in [2.75, 3.05) is 6.26 Å². The molecule has 1 aliphatic rings. The number of rotatable bonds is 2. The zero-order chi connectivity index (χ0) is 8.65. The number of carbonyl (C=O) groups excluding carboxylic acids is 2. The molecule has 0 atom stereocenters. The van der Waals surface area contributed by atoms with Gasteiger partial charge in [0, 0.05) is 0 Å². The highest BCUT2D eigenvalue weighted by atomic mass is 32.2. The minimum Gasteiger partial charge on any atom is -0.271 e. The topological polar surface area (TPSA) is 80.8 Å². The normalized spacial score (nSPS) is 18.5. The molecule has 0 aromatic rings. The summed E-state index contributed by atoms with van der Waals surface area (Å²) < 4.78 is 24.7. The number of β-lactam (4-membered cyclic amide) rings is 2. The predicted molar refractivity (Wildman–Crippen MR) is 32.4 cm³/mol. The van der Waals surface area contributed by atoms with Gasteiger partial charge in [-0.3, -0.25) is 9.59 Å². The number of hydrogen-bond acceptors (Lipinski definition) is 5. The van der Waals surface area contributed by atoms with Crippen LogP contribution in [0.1, 0.15) is 6.42 Å². The highest BCUT2D eigenvalue weighted by molar-refractivity contribution is 7.85. The zero-order valence-electron chi connectivity index (χ0n) is 5.60. The third-order valence-corrected chi connectivity index (χ3v) is 1.39. The van der Waals surface area contributed by atoms with Gasteiger partial charge in [-0.05, 0) is 0 Å². The molecule has 2 amide bonds. The van der Waals surface area contributed by atoms with Crippen LogP contribution in [0.25, 0.3) is 0 Å². The lowest BCUT2D eigenvalue weighted by molar-refractivity contribution is -0.186. The van der Waals surface area contributed by atoms with Gasteiger partial charge in [0.05, 0.1) is 6.26 Å². The fourth-order valence-corrected chi connectivity index (χ4v) is 0.976. The summed E-state index contributed by atoms with van der Waals surface area (Å²) in [6.07, 6.45) is 0.474. The Hall–Kier alpha value is -0.950. The van der Waals surface area contributed by atoms with E-state index in [0.717, 1.165) is 6.26 Å². The van der Waals surface area contributed by atoms with E-state index in [0.29, 0.717) is 0 Å². The van der Waals surface area contributed by atoms with E-state index in [2.05, 4.69) is 4.28 Å². The van der Waals surface area contributed by atoms with Crippen LogP contribution in [-0.2, 0) is 24.0 Å². The van der Waals surface area contributed by atoms with Gasteiger partial charge in [0.2, 0.25) is 0 Å². The van der Waals surface area contributed by atoms with Gasteiger partial charge in [-0.1, -0.05) is 0 Å². The maximum Gasteiger partial charge on any atom is 0.285 e. The number of nitrogens with zero attached hydrogens (tertiary/aromatic N) is 1. The molecule has 0 aromatic heterocycles. The van der Waals surface area contributed by atoms with E-state index in [1.54, 1.807) is 0 Å². The molecule has 6 nitrogen and oxygen atoms in total. The predicted octanol–water partition coefficient (Wildman–Crippen LogP) is -1.36. The number of amides is 2. The van der Waals surface area contributed by atoms with Crippen LogP contribution in [-0.4, -0.2) is 31.6 Å². The average Bonchev–Trinajstić information content (AvgIpc) is 1.83. The second kappa shape index (κ2) is 2.28. The standard InChI is InChI=1S/C4H5NO5S/c1-11(8,9)10-5-3(6)2-4(5)7/h2H2,1H3. The van der Waals surface area contributed by atoms with Gasteiger partial charge in [0.15, 0.2) is 0 Å². The van der Waals surface area contributed by atoms with E-state index in [4.69, 9.17) is 0 Å². The number of carbonyl (C=O) groups is 2. The molecule has 1 saturated heterocycles. The van der Waals surface area contributed by atoms with E-state index in [9.17, 15) is 18.0 Å². The van der Waals surface area contributed by atoms with Crippen molar-refractivity contribution in [2.45, 2.75) is 6.42 Å². The zero-order valence-corrected chi connectivity index (χ0v) is 6.42. The Labute approximate surface area is 62.8 Å². The molecular formula is C4H5NO5S. The van der Waals surface area contributed by atoms with Crippen molar-refractivity contribution in [1.82, 2.24) is 5.06 Å². The Kier molecular flexibility index (Phi) is 1.69. The summed E-state index contributed by atoms with van der Waals surface area (Å²) in [7, 11) is -3.77. The molecule has 0 unspecified atom stereocenters. The lowest BCUT2D eigenvalue weighted by Crippen LogP contribution is -2.49. The fraction of sp³-hybridized carbons (Fsp3) is 0.500. The molecule has 0 saturated carbocycles. The first-order chi connectivity index (χ1) is 4.90. The third kappa shape index (κ3) is 1.75. The highest BCUT2D eigenvalue weighted by Crippen LogP contribution is 2.12. The molecule has 11 heavy (non-hydrogen) atoms. The Morgan fingerprint density at radius 3 is 2.00 bits per heavy atom. The van der Waals surface area contributed by atoms with Crippen molar-refractivity contribution in [1.29, 1.82) is 0 Å². The van der Waals surface area contributed by atoms with Crippen LogP contribution in [0, 0.1) is 0 Å². The quantitative estimate of drug-likeness (QED) is 0.386. The van der Waals surface area contributed by atoms with Crippen LogP contribution < -0.4 is 0 Å². The highest BCUT2D eigenvalue weighted by Gasteiger charge is 2.38. The van der Waals surface area contributed by atoms with E-state index >= 15 is 0 Å². The van der Waals surface area contributed by atoms with Crippen molar-refractivity contribution in [3.05, 3.63) is 0 Å². The molecule has 1 rings (SSSR count). The van der Waals surface area contributed by atoms with E-state index in [-0.39, 0.29) is 11.5 Å². The van der Waals surface area contributed by atoms with Crippen LogP contribution >= 0.6 is 0 Å². The number of hydrogen-bond donors (Lipinski definition) is 0. The molecule has 1 aliphatic heterocycles. The first-order valence-electron chi connectivity index (χ1n) is 2.65. The molecule has 0 N–H and O–H groups in total. The first kappa shape index (κ1) is 8.15. The van der Waals surface area contributed by atoms with Gasteiger partial charge >= 0.3 is 0 Å². The lowest BCUT2D eigenvalue weighted by Gasteiger charge is -2.24. The van der Waals surface area contributed by atoms with Crippen molar-refractivity contribution in [3.63, 3.8) is 0 Å². The monoisotopic (exact) mass is 179 g/mol. The summed E-state index contributed by atoms with van der Waals surface area (Å²) in [5.74, 6) is -1.28. The molecular weight excluding hydrogens is 174 g/mol. The Bertz CT molecular complexity index is 290. The fourth-order valence-electron chi connectivity index (χ4n) is 0.539. The van der Waals surface area contributed by atoms with Crippen LogP contribution in [0.5, 0.6) is 0 Å². The second-order valence-corrected chi connectivity index (χ2v) is 3.59. The molecule has 62 valence electrons. The maximum absolute atomic E-state index is 10.4. The molecule has 1 fully saturated rings. The van der Waals surface area contributed by atoms with E-state index in [1.165, 1.54) is 0 Å². The summed E-state index contributed by atoms with van der Waals surface area (Å²) in [6, 6.07) is 0. The van der Waals surface area contributed by atoms with Crippen LogP contribution in [0.4, 0.5) is 0 Å². The molecule has 0 spiro atoms. The largest absolute Gasteiger partial charge is 0.285 e. The molecule has 0 aliphatic carbocycles. The van der Waals surface area contributed by atoms with Gasteiger partial charge in [-0.15, -0.1) is 9.35 Å². The summed E-state index contributed by atoms with van der Waals surface area (Å²) >= 11 is 0. The Morgan fingerprint density at radius 1 is 1.36 bits per heavy atom.